The van der Waals surface area contributed by atoms with Gasteiger partial charge in [-0.05, 0) is 17.8 Å². The highest BCUT2D eigenvalue weighted by atomic mass is 15.2. The van der Waals surface area contributed by atoms with Crippen molar-refractivity contribution >= 4 is 5.95 Å². The maximum Gasteiger partial charge on any atom is 0.200 e. The number of aromatic nitrogens is 2. The van der Waals surface area contributed by atoms with Crippen molar-refractivity contribution < 1.29 is 0 Å². The van der Waals surface area contributed by atoms with E-state index >= 15 is 0 Å². The summed E-state index contributed by atoms with van der Waals surface area (Å²) in [7, 11) is 0. The lowest BCUT2D eigenvalue weighted by Crippen LogP contribution is -2.04. The molecule has 0 radical (unpaired) electrons. The van der Waals surface area contributed by atoms with Crippen LogP contribution in [0.5, 0.6) is 0 Å². The summed E-state index contributed by atoms with van der Waals surface area (Å²) in [5, 5.41) is 0. The van der Waals surface area contributed by atoms with Crippen LogP contribution in [-0.4, -0.2) is 9.55 Å². The highest BCUT2D eigenvalue weighted by Crippen LogP contribution is 2.71. The number of nitrogens with zero attached hydrogens (tertiary/aromatic N) is 2. The third kappa shape index (κ3) is 0.954. The van der Waals surface area contributed by atoms with Crippen LogP contribution in [0, 0.1) is 17.8 Å². The van der Waals surface area contributed by atoms with Crippen LogP contribution in [0.4, 0.5) is 5.95 Å². The van der Waals surface area contributed by atoms with E-state index in [-0.39, 0.29) is 0 Å². The molecule has 0 amide bonds. The molecule has 1 aromatic heterocycles. The van der Waals surface area contributed by atoms with Gasteiger partial charge in [-0.25, -0.2) is 4.98 Å². The Labute approximate surface area is 85.3 Å². The third-order valence-electron chi connectivity index (χ3n) is 4.10. The largest absolute Gasteiger partial charge is 0.369 e. The van der Waals surface area contributed by atoms with Crippen molar-refractivity contribution in [1.29, 1.82) is 0 Å². The first-order valence-electron chi connectivity index (χ1n) is 5.09. The molecule has 0 unspecified atom stereocenters. The van der Waals surface area contributed by atoms with Crippen LogP contribution in [0.25, 0.3) is 0 Å². The molecule has 14 heavy (non-hydrogen) atoms. The number of aryl methyl sites for hydroxylation is 1. The Kier molecular flexibility index (Phi) is 1.59. The zero-order valence-electron chi connectivity index (χ0n) is 9.63. The summed E-state index contributed by atoms with van der Waals surface area (Å²) in [6.07, 6.45) is 2.05. The minimum Gasteiger partial charge on any atom is -0.369 e. The second-order valence-electron chi connectivity index (χ2n) is 5.49. The Morgan fingerprint density at radius 2 is 1.79 bits per heavy atom. The van der Waals surface area contributed by atoms with Crippen LogP contribution in [0.1, 0.15) is 39.4 Å². The van der Waals surface area contributed by atoms with Gasteiger partial charge in [0, 0.05) is 12.2 Å². The van der Waals surface area contributed by atoms with Gasteiger partial charge in [0.15, 0.2) is 0 Å². The summed E-state index contributed by atoms with van der Waals surface area (Å²) in [5.41, 5.74) is 7.50. The predicted octanol–water partition coefficient (Wildman–Crippen LogP) is 2.38. The predicted molar refractivity (Wildman–Crippen MR) is 58.0 cm³/mol. The quantitative estimate of drug-likeness (QED) is 0.744. The molecule has 1 fully saturated rings. The molecule has 0 bridgehead atoms. The molecule has 0 atom stereocenters. The van der Waals surface area contributed by atoms with E-state index in [1.54, 1.807) is 0 Å². The van der Waals surface area contributed by atoms with Gasteiger partial charge in [0.1, 0.15) is 0 Å². The minimum atomic E-state index is 0.314. The summed E-state index contributed by atoms with van der Waals surface area (Å²) in [6.45, 7) is 11.1. The van der Waals surface area contributed by atoms with Gasteiger partial charge in [-0.3, -0.25) is 0 Å². The van der Waals surface area contributed by atoms with Crippen molar-refractivity contribution in [1.82, 2.24) is 9.55 Å². The van der Waals surface area contributed by atoms with E-state index in [0.29, 0.717) is 22.8 Å². The fraction of sp³-hybridized carbons (Fsp3) is 0.727. The van der Waals surface area contributed by atoms with Gasteiger partial charge in [-0.15, -0.1) is 0 Å². The van der Waals surface area contributed by atoms with Crippen molar-refractivity contribution in [2.24, 2.45) is 10.8 Å². The summed E-state index contributed by atoms with van der Waals surface area (Å²) in [4.78, 5) is 4.24. The topological polar surface area (TPSA) is 43.8 Å². The second-order valence-corrected chi connectivity index (χ2v) is 5.49. The monoisotopic (exact) mass is 193 g/mol. The lowest BCUT2D eigenvalue weighted by Gasteiger charge is -2.05. The Morgan fingerprint density at radius 3 is 2.07 bits per heavy atom. The van der Waals surface area contributed by atoms with Crippen LogP contribution in [-0.2, 0) is 0 Å². The van der Waals surface area contributed by atoms with Gasteiger partial charge in [0.2, 0.25) is 5.95 Å². The molecule has 1 aliphatic rings. The number of nitrogen functional groups attached to an aromatic ring is 1. The van der Waals surface area contributed by atoms with E-state index in [9.17, 15) is 0 Å². The molecule has 0 aliphatic heterocycles. The first-order valence-corrected chi connectivity index (χ1v) is 5.09. The molecule has 3 nitrogen and oxygen atoms in total. The minimum absolute atomic E-state index is 0.314. The average Bonchev–Trinajstić information content (AvgIpc) is 2.32. The highest BCUT2D eigenvalue weighted by molar-refractivity contribution is 5.29. The van der Waals surface area contributed by atoms with E-state index < -0.39 is 0 Å². The molecular formula is C11H19N3. The number of hydrogen-bond donors (Lipinski definition) is 1. The molecule has 3 heteroatoms. The van der Waals surface area contributed by atoms with Crippen LogP contribution in [0.3, 0.4) is 0 Å². The van der Waals surface area contributed by atoms with E-state index in [2.05, 4.69) is 43.4 Å². The first kappa shape index (κ1) is 9.56. The smallest absolute Gasteiger partial charge is 0.200 e. The zero-order chi connectivity index (χ0) is 10.7. The maximum absolute atomic E-state index is 5.88. The summed E-state index contributed by atoms with van der Waals surface area (Å²) in [5.74, 6) is 0.645. The van der Waals surface area contributed by atoms with Gasteiger partial charge in [-0.2, -0.15) is 0 Å². The van der Waals surface area contributed by atoms with Crippen molar-refractivity contribution in [3.05, 3.63) is 11.9 Å². The van der Waals surface area contributed by atoms with Gasteiger partial charge in [-0.1, -0.05) is 27.7 Å². The number of hydrogen-bond acceptors (Lipinski definition) is 2. The molecule has 2 rings (SSSR count). The van der Waals surface area contributed by atoms with Crippen molar-refractivity contribution in [3.63, 3.8) is 0 Å². The summed E-state index contributed by atoms with van der Waals surface area (Å²) >= 11 is 0. The number of nitrogens with two attached hydrogens (primary N) is 1. The highest BCUT2D eigenvalue weighted by Gasteiger charge is 2.66. The molecular weight excluding hydrogens is 174 g/mol. The standard InChI is InChI=1S/C11H19N3/c1-7-6-14(9(12)13-7)8-10(2,3)11(8,4)5/h6,8H,1-5H3,(H2,12,13). The summed E-state index contributed by atoms with van der Waals surface area (Å²) < 4.78 is 2.12. The van der Waals surface area contributed by atoms with Gasteiger partial charge in [0.25, 0.3) is 0 Å². The van der Waals surface area contributed by atoms with Crippen LogP contribution < -0.4 is 5.73 Å². The molecule has 1 saturated carbocycles. The third-order valence-corrected chi connectivity index (χ3v) is 4.10. The van der Waals surface area contributed by atoms with Crippen molar-refractivity contribution in [2.45, 2.75) is 40.7 Å². The average molecular weight is 193 g/mol. The molecule has 1 heterocycles. The zero-order valence-corrected chi connectivity index (χ0v) is 9.63. The van der Waals surface area contributed by atoms with Crippen LogP contribution >= 0.6 is 0 Å². The molecule has 2 N–H and O–H groups in total. The second kappa shape index (κ2) is 2.33. The lowest BCUT2D eigenvalue weighted by atomic mass is 10.0. The van der Waals surface area contributed by atoms with E-state index in [1.807, 2.05) is 6.92 Å². The van der Waals surface area contributed by atoms with E-state index in [4.69, 9.17) is 5.73 Å². The Bertz CT molecular complexity index is 360. The van der Waals surface area contributed by atoms with Crippen molar-refractivity contribution in [2.75, 3.05) is 5.73 Å². The fourth-order valence-corrected chi connectivity index (χ4v) is 2.60. The molecule has 1 aliphatic carbocycles. The Hall–Kier alpha value is -0.990. The Morgan fingerprint density at radius 1 is 1.29 bits per heavy atom. The van der Waals surface area contributed by atoms with Crippen LogP contribution in [0.15, 0.2) is 6.20 Å². The van der Waals surface area contributed by atoms with E-state index in [1.165, 1.54) is 0 Å². The van der Waals surface area contributed by atoms with Gasteiger partial charge < -0.3 is 10.3 Å². The number of rotatable bonds is 1. The maximum atomic E-state index is 5.88. The number of anilines is 1. The molecule has 78 valence electrons. The van der Waals surface area contributed by atoms with Gasteiger partial charge >= 0.3 is 0 Å². The molecule has 1 aromatic rings. The molecule has 0 saturated heterocycles. The van der Waals surface area contributed by atoms with Crippen LogP contribution in [0.2, 0.25) is 0 Å². The lowest BCUT2D eigenvalue weighted by molar-refractivity contribution is 0.457. The normalized spacial score (nSPS) is 23.8. The summed E-state index contributed by atoms with van der Waals surface area (Å²) in [6, 6.07) is 0.483. The SMILES string of the molecule is Cc1cn(C2C(C)(C)C2(C)C)c(N)n1. The van der Waals surface area contributed by atoms with E-state index in [0.717, 1.165) is 5.69 Å². The molecule has 0 spiro atoms. The first-order chi connectivity index (χ1) is 6.28. The number of imidazole rings is 1. The molecule has 0 aromatic carbocycles. The Balaban J connectivity index is 2.40. The van der Waals surface area contributed by atoms with Gasteiger partial charge in [0.05, 0.1) is 5.69 Å². The fourth-order valence-electron chi connectivity index (χ4n) is 2.60. The van der Waals surface area contributed by atoms with Crippen molar-refractivity contribution in [3.8, 4) is 0 Å².